The largest absolute Gasteiger partial charge is 0.438 e. The van der Waals surface area contributed by atoms with Crippen molar-refractivity contribution in [3.63, 3.8) is 0 Å². The molecule has 1 aromatic heterocycles. The topological polar surface area (TPSA) is 82.3 Å². The van der Waals surface area contributed by atoms with Gasteiger partial charge in [-0.1, -0.05) is 6.07 Å². The number of aromatic nitrogens is 1. The molecule has 22 heavy (non-hydrogen) atoms. The zero-order chi connectivity index (χ0) is 16.5. The monoisotopic (exact) mass is 336 g/mol. The SMILES string of the molecule is NS(=O)(=O)c1ccc(C(F)(F)F)nc1Oc1cccc(F)c1. The lowest BCUT2D eigenvalue weighted by atomic mass is 10.3. The van der Waals surface area contributed by atoms with Crippen LogP contribution in [0.4, 0.5) is 17.6 Å². The molecule has 0 aliphatic carbocycles. The number of sulfonamides is 1. The summed E-state index contributed by atoms with van der Waals surface area (Å²) in [5.41, 5.74) is -1.37. The van der Waals surface area contributed by atoms with Crippen molar-refractivity contribution in [2.75, 3.05) is 0 Å². The summed E-state index contributed by atoms with van der Waals surface area (Å²) in [5.74, 6) is -1.83. The summed E-state index contributed by atoms with van der Waals surface area (Å²) in [6.45, 7) is 0. The molecule has 0 unspecified atom stereocenters. The number of ether oxygens (including phenoxy) is 1. The molecule has 2 N–H and O–H groups in total. The Bertz CT molecular complexity index is 806. The number of nitrogens with zero attached hydrogens (tertiary/aromatic N) is 1. The van der Waals surface area contributed by atoms with Crippen molar-refractivity contribution in [2.45, 2.75) is 11.1 Å². The molecule has 0 fully saturated rings. The van der Waals surface area contributed by atoms with Gasteiger partial charge in [0.05, 0.1) is 0 Å². The van der Waals surface area contributed by atoms with Crippen LogP contribution in [-0.2, 0) is 16.2 Å². The van der Waals surface area contributed by atoms with Crippen LogP contribution in [0.25, 0.3) is 0 Å². The smallest absolute Gasteiger partial charge is 0.433 e. The van der Waals surface area contributed by atoms with Crippen LogP contribution < -0.4 is 9.88 Å². The van der Waals surface area contributed by atoms with E-state index in [2.05, 4.69) is 4.98 Å². The number of hydrogen-bond acceptors (Lipinski definition) is 4. The number of rotatable bonds is 3. The van der Waals surface area contributed by atoms with E-state index in [-0.39, 0.29) is 5.75 Å². The average Bonchev–Trinajstić information content (AvgIpc) is 2.36. The molecule has 10 heteroatoms. The zero-order valence-corrected chi connectivity index (χ0v) is 11.5. The van der Waals surface area contributed by atoms with Gasteiger partial charge in [0.1, 0.15) is 22.2 Å². The van der Waals surface area contributed by atoms with E-state index in [9.17, 15) is 26.0 Å². The Morgan fingerprint density at radius 1 is 1.14 bits per heavy atom. The van der Waals surface area contributed by atoms with Crippen molar-refractivity contribution in [1.29, 1.82) is 0 Å². The van der Waals surface area contributed by atoms with E-state index in [4.69, 9.17) is 9.88 Å². The van der Waals surface area contributed by atoms with Gasteiger partial charge in [-0.15, -0.1) is 0 Å². The van der Waals surface area contributed by atoms with Gasteiger partial charge in [-0.3, -0.25) is 0 Å². The van der Waals surface area contributed by atoms with Crippen molar-refractivity contribution in [1.82, 2.24) is 4.98 Å². The quantitative estimate of drug-likeness (QED) is 0.874. The maximum Gasteiger partial charge on any atom is 0.433 e. The van der Waals surface area contributed by atoms with E-state index in [1.165, 1.54) is 12.1 Å². The molecule has 0 amide bonds. The predicted octanol–water partition coefficient (Wildman–Crippen LogP) is 2.68. The zero-order valence-electron chi connectivity index (χ0n) is 10.6. The van der Waals surface area contributed by atoms with Crippen molar-refractivity contribution in [3.05, 3.63) is 47.9 Å². The van der Waals surface area contributed by atoms with Gasteiger partial charge in [-0.25, -0.2) is 22.9 Å². The van der Waals surface area contributed by atoms with Crippen LogP contribution in [-0.4, -0.2) is 13.4 Å². The molecule has 2 aromatic rings. The van der Waals surface area contributed by atoms with Gasteiger partial charge in [-0.05, 0) is 24.3 Å². The Kier molecular flexibility index (Phi) is 4.07. The van der Waals surface area contributed by atoms with Gasteiger partial charge < -0.3 is 4.74 Å². The number of pyridine rings is 1. The molecule has 1 heterocycles. The van der Waals surface area contributed by atoms with E-state index < -0.39 is 38.5 Å². The summed E-state index contributed by atoms with van der Waals surface area (Å²) in [7, 11) is -4.37. The van der Waals surface area contributed by atoms with E-state index in [0.29, 0.717) is 12.1 Å². The minimum atomic E-state index is -4.81. The van der Waals surface area contributed by atoms with E-state index in [1.807, 2.05) is 0 Å². The van der Waals surface area contributed by atoms with Crippen LogP contribution in [0.2, 0.25) is 0 Å². The van der Waals surface area contributed by atoms with Crippen molar-refractivity contribution < 1.29 is 30.7 Å². The maximum absolute atomic E-state index is 13.0. The number of benzene rings is 1. The predicted molar refractivity (Wildman–Crippen MR) is 67.1 cm³/mol. The van der Waals surface area contributed by atoms with E-state index in [1.54, 1.807) is 0 Å². The summed E-state index contributed by atoms with van der Waals surface area (Å²) >= 11 is 0. The van der Waals surface area contributed by atoms with Crippen molar-refractivity contribution >= 4 is 10.0 Å². The fourth-order valence-corrected chi connectivity index (χ4v) is 2.11. The van der Waals surface area contributed by atoms with Crippen molar-refractivity contribution in [2.24, 2.45) is 5.14 Å². The molecule has 0 atom stereocenters. The highest BCUT2D eigenvalue weighted by Crippen LogP contribution is 2.33. The van der Waals surface area contributed by atoms with Gasteiger partial charge in [-0.2, -0.15) is 13.2 Å². The van der Waals surface area contributed by atoms with Crippen LogP contribution in [0.15, 0.2) is 41.3 Å². The standard InChI is InChI=1S/C12H8F4N2O3S/c13-7-2-1-3-8(6-7)21-11-9(22(17,19)20)4-5-10(18-11)12(14,15)16/h1-6H,(H2,17,19,20). The van der Waals surface area contributed by atoms with Gasteiger partial charge in [0.2, 0.25) is 15.9 Å². The number of halogens is 4. The molecule has 5 nitrogen and oxygen atoms in total. The minimum Gasteiger partial charge on any atom is -0.438 e. The number of alkyl halides is 3. The first kappa shape index (κ1) is 16.2. The van der Waals surface area contributed by atoms with E-state index in [0.717, 1.165) is 12.1 Å². The molecule has 0 spiro atoms. The van der Waals surface area contributed by atoms with Crippen LogP contribution >= 0.6 is 0 Å². The Morgan fingerprint density at radius 3 is 2.36 bits per heavy atom. The first-order valence-electron chi connectivity index (χ1n) is 5.62. The molecule has 118 valence electrons. The molecule has 0 aliphatic rings. The molecule has 0 bridgehead atoms. The third-order valence-electron chi connectivity index (χ3n) is 2.43. The molecular weight excluding hydrogens is 328 g/mol. The average molecular weight is 336 g/mol. The second kappa shape index (κ2) is 5.54. The first-order valence-corrected chi connectivity index (χ1v) is 7.16. The second-order valence-electron chi connectivity index (χ2n) is 4.10. The summed E-state index contributed by atoms with van der Waals surface area (Å²) in [6, 6.07) is 5.46. The second-order valence-corrected chi connectivity index (χ2v) is 5.63. The van der Waals surface area contributed by atoms with Gasteiger partial charge in [0, 0.05) is 6.07 Å². The lowest BCUT2D eigenvalue weighted by molar-refractivity contribution is -0.141. The lowest BCUT2D eigenvalue weighted by Gasteiger charge is -2.12. The Morgan fingerprint density at radius 2 is 1.82 bits per heavy atom. The number of primary sulfonamides is 1. The van der Waals surface area contributed by atoms with Crippen molar-refractivity contribution in [3.8, 4) is 11.6 Å². The van der Waals surface area contributed by atoms with Crippen LogP contribution in [0.3, 0.4) is 0 Å². The highest BCUT2D eigenvalue weighted by molar-refractivity contribution is 7.89. The van der Waals surface area contributed by atoms with Crippen LogP contribution in [0.5, 0.6) is 11.6 Å². The molecule has 2 rings (SSSR count). The van der Waals surface area contributed by atoms with E-state index >= 15 is 0 Å². The molecular formula is C12H8F4N2O3S. The first-order chi connectivity index (χ1) is 10.1. The van der Waals surface area contributed by atoms with Gasteiger partial charge >= 0.3 is 6.18 Å². The van der Waals surface area contributed by atoms with Gasteiger partial charge in [0.15, 0.2) is 0 Å². The Hall–Kier alpha value is -2.20. The van der Waals surface area contributed by atoms with Crippen LogP contribution in [0, 0.1) is 5.82 Å². The molecule has 0 saturated heterocycles. The summed E-state index contributed by atoms with van der Waals surface area (Å²) < 4.78 is 78.7. The fourth-order valence-electron chi connectivity index (χ4n) is 1.52. The molecule has 0 aliphatic heterocycles. The maximum atomic E-state index is 13.0. The minimum absolute atomic E-state index is 0.225. The highest BCUT2D eigenvalue weighted by atomic mass is 32.2. The molecule has 0 radical (unpaired) electrons. The lowest BCUT2D eigenvalue weighted by Crippen LogP contribution is -2.16. The normalized spacial score (nSPS) is 12.2. The Labute approximate surface area is 122 Å². The van der Waals surface area contributed by atoms with Gasteiger partial charge in [0.25, 0.3) is 0 Å². The fraction of sp³-hybridized carbons (Fsp3) is 0.0833. The summed E-state index contributed by atoms with van der Waals surface area (Å²) in [4.78, 5) is 2.36. The number of nitrogens with two attached hydrogens (primary N) is 1. The summed E-state index contributed by atoms with van der Waals surface area (Å²) in [5, 5.41) is 4.90. The molecule has 1 aromatic carbocycles. The third kappa shape index (κ3) is 3.71. The summed E-state index contributed by atoms with van der Waals surface area (Å²) in [6.07, 6.45) is -4.81. The molecule has 0 saturated carbocycles. The number of hydrogen-bond donors (Lipinski definition) is 1. The highest BCUT2D eigenvalue weighted by Gasteiger charge is 2.34. The third-order valence-corrected chi connectivity index (χ3v) is 3.36. The Balaban J connectivity index is 2.55. The van der Waals surface area contributed by atoms with Crippen LogP contribution in [0.1, 0.15) is 5.69 Å².